The minimum absolute atomic E-state index is 0.0553. The second-order valence-electron chi connectivity index (χ2n) is 6.00. The van der Waals surface area contributed by atoms with E-state index in [1.165, 1.54) is 6.07 Å². The van der Waals surface area contributed by atoms with Crippen molar-refractivity contribution < 1.29 is 24.9 Å². The molecule has 0 aromatic heterocycles. The molecule has 0 saturated carbocycles. The third kappa shape index (κ3) is 1.73. The van der Waals surface area contributed by atoms with Crippen molar-refractivity contribution in [2.75, 3.05) is 0 Å². The Labute approximate surface area is 131 Å². The van der Waals surface area contributed by atoms with Gasteiger partial charge in [-0.2, -0.15) is 0 Å². The van der Waals surface area contributed by atoms with Gasteiger partial charge in [-0.05, 0) is 24.5 Å². The van der Waals surface area contributed by atoms with Crippen molar-refractivity contribution in [2.24, 2.45) is 0 Å². The van der Waals surface area contributed by atoms with E-state index in [4.69, 9.17) is 0 Å². The molecular weight excluding hydrogens is 296 g/mol. The number of phenols is 3. The molecule has 0 radical (unpaired) electrons. The number of hydrogen-bond acceptors (Lipinski definition) is 5. The third-order valence-electron chi connectivity index (χ3n) is 4.71. The molecule has 0 fully saturated rings. The van der Waals surface area contributed by atoms with Gasteiger partial charge >= 0.3 is 0 Å². The molecule has 0 heterocycles. The molecule has 5 heteroatoms. The maximum absolute atomic E-state index is 12.8. The Morgan fingerprint density at radius 3 is 2.39 bits per heavy atom. The number of carbonyl (C=O) groups excluding carboxylic acids is 2. The molecule has 0 bridgehead atoms. The summed E-state index contributed by atoms with van der Waals surface area (Å²) in [5, 5.41) is 31.1. The summed E-state index contributed by atoms with van der Waals surface area (Å²) in [6, 6.07) is 4.74. The van der Waals surface area contributed by atoms with E-state index in [9.17, 15) is 24.9 Å². The van der Waals surface area contributed by atoms with E-state index in [0.717, 1.165) is 0 Å². The first-order chi connectivity index (χ1) is 11.0. The highest BCUT2D eigenvalue weighted by molar-refractivity contribution is 6.18. The molecule has 0 spiro atoms. The maximum Gasteiger partial charge on any atom is 0.201 e. The maximum atomic E-state index is 12.8. The highest BCUT2D eigenvalue weighted by atomic mass is 16.3. The van der Waals surface area contributed by atoms with Crippen LogP contribution in [0.3, 0.4) is 0 Å². The second kappa shape index (κ2) is 4.59. The van der Waals surface area contributed by atoms with Crippen LogP contribution in [0.5, 0.6) is 17.2 Å². The standard InChI is InChI=1S/C18H14O5/c19-11-5-1-3-8-7-10-15(17(22)13(8)11)18(23)14-9(16(10)21)4-2-6-12(14)20/h1,3,5,19,21,23H,2,4,6-7H2. The summed E-state index contributed by atoms with van der Waals surface area (Å²) in [5.41, 5.74) is 1.47. The van der Waals surface area contributed by atoms with Crippen LogP contribution < -0.4 is 0 Å². The molecule has 0 aliphatic heterocycles. The largest absolute Gasteiger partial charge is 0.507 e. The Hall–Kier alpha value is -2.82. The van der Waals surface area contributed by atoms with Crippen LogP contribution in [0.4, 0.5) is 0 Å². The number of benzene rings is 2. The Kier molecular flexibility index (Phi) is 2.75. The molecule has 0 amide bonds. The fourth-order valence-electron chi connectivity index (χ4n) is 3.65. The molecule has 0 atom stereocenters. The van der Waals surface area contributed by atoms with Crippen molar-refractivity contribution >= 4 is 11.6 Å². The summed E-state index contributed by atoms with van der Waals surface area (Å²) in [5.74, 6) is -1.44. The molecular formula is C18H14O5. The van der Waals surface area contributed by atoms with E-state index >= 15 is 0 Å². The van der Waals surface area contributed by atoms with Crippen molar-refractivity contribution in [1.82, 2.24) is 0 Å². The van der Waals surface area contributed by atoms with E-state index in [0.29, 0.717) is 29.5 Å². The fraction of sp³-hybridized carbons (Fsp3) is 0.222. The summed E-state index contributed by atoms with van der Waals surface area (Å²) in [4.78, 5) is 24.9. The topological polar surface area (TPSA) is 94.8 Å². The average Bonchev–Trinajstić information content (AvgIpc) is 2.52. The van der Waals surface area contributed by atoms with Crippen molar-refractivity contribution in [1.29, 1.82) is 0 Å². The van der Waals surface area contributed by atoms with Gasteiger partial charge in [-0.3, -0.25) is 9.59 Å². The molecule has 2 aliphatic carbocycles. The molecule has 2 aromatic rings. The number of Topliss-reactive ketones (excluding diaryl/α,β-unsaturated/α-hetero) is 1. The molecule has 2 aliphatic rings. The number of phenolic OH excluding ortho intramolecular Hbond substituents is 3. The highest BCUT2D eigenvalue weighted by Crippen LogP contribution is 2.46. The van der Waals surface area contributed by atoms with Crippen LogP contribution in [0, 0.1) is 0 Å². The minimum Gasteiger partial charge on any atom is -0.507 e. The van der Waals surface area contributed by atoms with Gasteiger partial charge in [0, 0.05) is 24.0 Å². The molecule has 0 saturated heterocycles. The van der Waals surface area contributed by atoms with Crippen molar-refractivity contribution in [3.05, 3.63) is 51.6 Å². The van der Waals surface area contributed by atoms with Crippen LogP contribution in [0.2, 0.25) is 0 Å². The lowest BCUT2D eigenvalue weighted by atomic mass is 9.78. The lowest BCUT2D eigenvalue weighted by Gasteiger charge is -2.26. The van der Waals surface area contributed by atoms with Gasteiger partial charge in [0.15, 0.2) is 5.78 Å². The van der Waals surface area contributed by atoms with Crippen LogP contribution in [-0.4, -0.2) is 26.9 Å². The minimum atomic E-state index is -0.562. The van der Waals surface area contributed by atoms with Gasteiger partial charge in [-0.1, -0.05) is 12.1 Å². The lowest BCUT2D eigenvalue weighted by Crippen LogP contribution is -2.20. The van der Waals surface area contributed by atoms with Crippen molar-refractivity contribution in [2.45, 2.75) is 25.7 Å². The number of aromatic hydroxyl groups is 3. The summed E-state index contributed by atoms with van der Waals surface area (Å²) in [7, 11) is 0. The molecule has 5 nitrogen and oxygen atoms in total. The first kappa shape index (κ1) is 13.8. The summed E-state index contributed by atoms with van der Waals surface area (Å²) in [6.45, 7) is 0. The van der Waals surface area contributed by atoms with Gasteiger partial charge in [-0.15, -0.1) is 0 Å². The Morgan fingerprint density at radius 2 is 1.61 bits per heavy atom. The van der Waals surface area contributed by atoms with Gasteiger partial charge in [0.1, 0.15) is 17.2 Å². The van der Waals surface area contributed by atoms with E-state index in [-0.39, 0.29) is 52.6 Å². The number of ketones is 2. The van der Waals surface area contributed by atoms with Crippen LogP contribution in [0.1, 0.15) is 55.8 Å². The summed E-state index contributed by atoms with van der Waals surface area (Å²) >= 11 is 0. The second-order valence-corrected chi connectivity index (χ2v) is 6.00. The molecule has 0 unspecified atom stereocenters. The Bertz CT molecular complexity index is 895. The zero-order valence-electron chi connectivity index (χ0n) is 12.2. The lowest BCUT2D eigenvalue weighted by molar-refractivity contribution is 0.0968. The monoisotopic (exact) mass is 310 g/mol. The smallest absolute Gasteiger partial charge is 0.201 e. The Morgan fingerprint density at radius 1 is 0.826 bits per heavy atom. The van der Waals surface area contributed by atoms with Gasteiger partial charge in [-0.25, -0.2) is 0 Å². The molecule has 116 valence electrons. The van der Waals surface area contributed by atoms with Gasteiger partial charge in [0.05, 0.1) is 16.7 Å². The summed E-state index contributed by atoms with van der Waals surface area (Å²) in [6.07, 6.45) is 1.62. The Balaban J connectivity index is 2.05. The third-order valence-corrected chi connectivity index (χ3v) is 4.71. The average molecular weight is 310 g/mol. The first-order valence-electron chi connectivity index (χ1n) is 7.49. The zero-order chi connectivity index (χ0) is 16.3. The predicted octanol–water partition coefficient (Wildman–Crippen LogP) is 2.46. The van der Waals surface area contributed by atoms with Gasteiger partial charge in [0.2, 0.25) is 5.78 Å². The van der Waals surface area contributed by atoms with Crippen LogP contribution >= 0.6 is 0 Å². The number of carbonyl (C=O) groups is 2. The van der Waals surface area contributed by atoms with Crippen molar-refractivity contribution in [3.8, 4) is 17.2 Å². The zero-order valence-corrected chi connectivity index (χ0v) is 12.2. The predicted molar refractivity (Wildman–Crippen MR) is 81.4 cm³/mol. The molecule has 4 rings (SSSR count). The number of hydrogen-bond donors (Lipinski definition) is 3. The normalized spacial score (nSPS) is 15.8. The van der Waals surface area contributed by atoms with Gasteiger partial charge < -0.3 is 15.3 Å². The van der Waals surface area contributed by atoms with E-state index in [1.54, 1.807) is 12.1 Å². The molecule has 2 aromatic carbocycles. The quantitative estimate of drug-likeness (QED) is 0.554. The van der Waals surface area contributed by atoms with Crippen molar-refractivity contribution in [3.63, 3.8) is 0 Å². The molecule has 3 N–H and O–H groups in total. The van der Waals surface area contributed by atoms with Crippen LogP contribution in [0.15, 0.2) is 18.2 Å². The van der Waals surface area contributed by atoms with Gasteiger partial charge in [0.25, 0.3) is 0 Å². The highest BCUT2D eigenvalue weighted by Gasteiger charge is 2.36. The fourth-order valence-corrected chi connectivity index (χ4v) is 3.65. The summed E-state index contributed by atoms with van der Waals surface area (Å²) < 4.78 is 0. The molecule has 23 heavy (non-hydrogen) atoms. The van der Waals surface area contributed by atoms with E-state index in [1.807, 2.05) is 0 Å². The van der Waals surface area contributed by atoms with E-state index in [2.05, 4.69) is 0 Å². The van der Waals surface area contributed by atoms with E-state index < -0.39 is 5.78 Å². The SMILES string of the molecule is O=C1CCCc2c(O)c3c(c(O)c21)C(=O)c1c(O)cccc1C3. The number of fused-ring (bicyclic) bond motifs is 3. The first-order valence-corrected chi connectivity index (χ1v) is 7.49. The van der Waals surface area contributed by atoms with Crippen LogP contribution in [-0.2, 0) is 12.8 Å². The van der Waals surface area contributed by atoms with Crippen LogP contribution in [0.25, 0.3) is 0 Å². The number of rotatable bonds is 0.